The molecule has 0 spiro atoms. The van der Waals surface area contributed by atoms with E-state index in [0.29, 0.717) is 12.8 Å². The molecule has 7 nitrogen and oxygen atoms in total. The van der Waals surface area contributed by atoms with Gasteiger partial charge in [0.1, 0.15) is 6.04 Å². The SMILES string of the molecule is CC[C@H](C)NC(=O)[C@@H](C)N(Cc1ccccc1C)C(=O)CCN1C(=O)[C@H]2CC=CC[C@H]2C1=O. The van der Waals surface area contributed by atoms with Crippen LogP contribution in [-0.4, -0.2) is 52.1 Å². The van der Waals surface area contributed by atoms with Crippen LogP contribution in [0.3, 0.4) is 0 Å². The van der Waals surface area contributed by atoms with Gasteiger partial charge in [-0.05, 0) is 51.2 Å². The van der Waals surface area contributed by atoms with Crippen LogP contribution in [-0.2, 0) is 25.7 Å². The zero-order chi connectivity index (χ0) is 24.1. The summed E-state index contributed by atoms with van der Waals surface area (Å²) in [5, 5.41) is 2.95. The normalized spacial score (nSPS) is 21.5. The second-order valence-corrected chi connectivity index (χ2v) is 9.18. The highest BCUT2D eigenvalue weighted by Crippen LogP contribution is 2.35. The van der Waals surface area contributed by atoms with Crippen molar-refractivity contribution in [3.63, 3.8) is 0 Å². The predicted molar refractivity (Wildman–Crippen MR) is 126 cm³/mol. The first kappa shape index (κ1) is 24.7. The molecule has 4 atom stereocenters. The molecule has 0 aromatic heterocycles. The lowest BCUT2D eigenvalue weighted by Gasteiger charge is -2.30. The fraction of sp³-hybridized carbons (Fsp3) is 0.538. The molecule has 178 valence electrons. The number of imide groups is 1. The van der Waals surface area contributed by atoms with Crippen LogP contribution in [0.25, 0.3) is 0 Å². The van der Waals surface area contributed by atoms with E-state index in [4.69, 9.17) is 0 Å². The molecule has 33 heavy (non-hydrogen) atoms. The summed E-state index contributed by atoms with van der Waals surface area (Å²) in [6, 6.07) is 7.09. The van der Waals surface area contributed by atoms with Crippen LogP contribution in [0.5, 0.6) is 0 Å². The Morgan fingerprint density at radius 3 is 2.27 bits per heavy atom. The second-order valence-electron chi connectivity index (χ2n) is 9.18. The number of nitrogens with one attached hydrogen (secondary N) is 1. The van der Waals surface area contributed by atoms with Gasteiger partial charge in [0.05, 0.1) is 11.8 Å². The number of allylic oxidation sites excluding steroid dienone is 2. The largest absolute Gasteiger partial charge is 0.352 e. The maximum atomic E-state index is 13.3. The van der Waals surface area contributed by atoms with E-state index in [-0.39, 0.29) is 61.0 Å². The quantitative estimate of drug-likeness (QED) is 0.460. The Morgan fingerprint density at radius 1 is 1.09 bits per heavy atom. The summed E-state index contributed by atoms with van der Waals surface area (Å²) in [5.74, 6) is -1.44. The molecular formula is C26H35N3O4. The number of amides is 4. The van der Waals surface area contributed by atoms with Gasteiger partial charge in [-0.1, -0.05) is 43.3 Å². The molecule has 4 amide bonds. The number of aryl methyl sites for hydroxylation is 1. The number of carbonyl (C=O) groups excluding carboxylic acids is 4. The van der Waals surface area contributed by atoms with Gasteiger partial charge in [-0.15, -0.1) is 0 Å². The molecule has 1 fully saturated rings. The van der Waals surface area contributed by atoms with Crippen LogP contribution in [0, 0.1) is 18.8 Å². The number of rotatable bonds is 9. The molecule has 0 bridgehead atoms. The van der Waals surface area contributed by atoms with Crippen LogP contribution < -0.4 is 5.32 Å². The average Bonchev–Trinajstić information content (AvgIpc) is 3.06. The van der Waals surface area contributed by atoms with Crippen LogP contribution in [0.1, 0.15) is 57.6 Å². The second kappa shape index (κ2) is 10.8. The van der Waals surface area contributed by atoms with Gasteiger partial charge in [0, 0.05) is 25.6 Å². The van der Waals surface area contributed by atoms with E-state index in [1.807, 2.05) is 57.2 Å². The Bertz CT molecular complexity index is 915. The molecule has 1 N–H and O–H groups in total. The van der Waals surface area contributed by atoms with Crippen molar-refractivity contribution in [1.82, 2.24) is 15.1 Å². The number of benzene rings is 1. The van der Waals surface area contributed by atoms with Gasteiger partial charge < -0.3 is 10.2 Å². The van der Waals surface area contributed by atoms with Crippen molar-refractivity contribution in [2.45, 2.75) is 72.0 Å². The number of hydrogen-bond donors (Lipinski definition) is 1. The Kier molecular flexibility index (Phi) is 8.06. The van der Waals surface area contributed by atoms with E-state index in [2.05, 4.69) is 5.32 Å². The van der Waals surface area contributed by atoms with Gasteiger partial charge in [0.25, 0.3) is 0 Å². The summed E-state index contributed by atoms with van der Waals surface area (Å²) >= 11 is 0. The van der Waals surface area contributed by atoms with Crippen molar-refractivity contribution in [1.29, 1.82) is 0 Å². The van der Waals surface area contributed by atoms with Crippen molar-refractivity contribution in [2.75, 3.05) is 6.54 Å². The van der Waals surface area contributed by atoms with Gasteiger partial charge in [-0.3, -0.25) is 24.1 Å². The third kappa shape index (κ3) is 5.52. The molecule has 0 radical (unpaired) electrons. The monoisotopic (exact) mass is 453 g/mol. The van der Waals surface area contributed by atoms with Gasteiger partial charge in [-0.2, -0.15) is 0 Å². The van der Waals surface area contributed by atoms with E-state index in [1.54, 1.807) is 11.8 Å². The molecule has 7 heteroatoms. The smallest absolute Gasteiger partial charge is 0.242 e. The molecule has 1 aliphatic carbocycles. The van der Waals surface area contributed by atoms with E-state index >= 15 is 0 Å². The fourth-order valence-corrected chi connectivity index (χ4v) is 4.46. The lowest BCUT2D eigenvalue weighted by Crippen LogP contribution is -2.50. The van der Waals surface area contributed by atoms with Gasteiger partial charge in [-0.25, -0.2) is 0 Å². The van der Waals surface area contributed by atoms with E-state index in [0.717, 1.165) is 17.5 Å². The molecule has 3 rings (SSSR count). The summed E-state index contributed by atoms with van der Waals surface area (Å²) in [4.78, 5) is 54.5. The molecule has 1 heterocycles. The van der Waals surface area contributed by atoms with Crippen LogP contribution >= 0.6 is 0 Å². The first-order valence-electron chi connectivity index (χ1n) is 11.9. The number of fused-ring (bicyclic) bond motifs is 1. The van der Waals surface area contributed by atoms with E-state index < -0.39 is 6.04 Å². The highest BCUT2D eigenvalue weighted by Gasteiger charge is 2.47. The maximum absolute atomic E-state index is 13.3. The lowest BCUT2D eigenvalue weighted by molar-refractivity contribution is -0.143. The number of hydrogen-bond acceptors (Lipinski definition) is 4. The average molecular weight is 454 g/mol. The Balaban J connectivity index is 1.73. The Morgan fingerprint density at radius 2 is 1.70 bits per heavy atom. The molecule has 2 aliphatic rings. The molecule has 0 saturated carbocycles. The minimum atomic E-state index is -0.678. The lowest BCUT2D eigenvalue weighted by atomic mass is 9.85. The van der Waals surface area contributed by atoms with Crippen molar-refractivity contribution < 1.29 is 19.2 Å². The zero-order valence-corrected chi connectivity index (χ0v) is 20.0. The topological polar surface area (TPSA) is 86.8 Å². The standard InChI is InChI=1S/C26H35N3O4/c1-5-18(3)27-24(31)19(4)29(16-20-11-7-6-10-17(20)2)23(30)14-15-28-25(32)21-12-8-9-13-22(21)26(28)33/h6-11,18-19,21-22H,5,12-16H2,1-4H3,(H,27,31)/t18-,19+,21-,22+/m0/s1. The van der Waals surface area contributed by atoms with Crippen molar-refractivity contribution in [2.24, 2.45) is 11.8 Å². The van der Waals surface area contributed by atoms with Crippen molar-refractivity contribution in [3.05, 3.63) is 47.5 Å². The molecule has 0 unspecified atom stereocenters. The fourth-order valence-electron chi connectivity index (χ4n) is 4.46. The molecule has 1 aromatic rings. The summed E-state index contributed by atoms with van der Waals surface area (Å²) in [6.07, 6.45) is 5.83. The minimum Gasteiger partial charge on any atom is -0.352 e. The highest BCUT2D eigenvalue weighted by molar-refractivity contribution is 6.05. The first-order valence-corrected chi connectivity index (χ1v) is 11.9. The summed E-state index contributed by atoms with van der Waals surface area (Å²) in [7, 11) is 0. The Labute approximate surface area is 196 Å². The maximum Gasteiger partial charge on any atom is 0.242 e. The number of nitrogens with zero attached hydrogens (tertiary/aromatic N) is 2. The molecular weight excluding hydrogens is 418 g/mol. The van der Waals surface area contributed by atoms with Crippen LogP contribution in [0.2, 0.25) is 0 Å². The highest BCUT2D eigenvalue weighted by atomic mass is 16.2. The minimum absolute atomic E-state index is 0.00280. The van der Waals surface area contributed by atoms with E-state index in [9.17, 15) is 19.2 Å². The number of carbonyl (C=O) groups is 4. The van der Waals surface area contributed by atoms with E-state index in [1.165, 1.54) is 4.90 Å². The Hall–Kier alpha value is -2.96. The van der Waals surface area contributed by atoms with Crippen molar-refractivity contribution >= 4 is 23.6 Å². The molecule has 1 saturated heterocycles. The van der Waals surface area contributed by atoms with Gasteiger partial charge in [0.15, 0.2) is 0 Å². The first-order chi connectivity index (χ1) is 15.7. The number of likely N-dealkylation sites (tertiary alicyclic amines) is 1. The zero-order valence-electron chi connectivity index (χ0n) is 20.0. The van der Waals surface area contributed by atoms with Crippen LogP contribution in [0.4, 0.5) is 0 Å². The van der Waals surface area contributed by atoms with Gasteiger partial charge >= 0.3 is 0 Å². The summed E-state index contributed by atoms with van der Waals surface area (Å²) in [5.41, 5.74) is 1.99. The van der Waals surface area contributed by atoms with Crippen LogP contribution in [0.15, 0.2) is 36.4 Å². The summed E-state index contributed by atoms with van der Waals surface area (Å²) in [6.45, 7) is 7.95. The molecule has 1 aromatic carbocycles. The molecule has 1 aliphatic heterocycles. The third-order valence-electron chi connectivity index (χ3n) is 6.92. The summed E-state index contributed by atoms with van der Waals surface area (Å²) < 4.78 is 0. The van der Waals surface area contributed by atoms with Gasteiger partial charge in [0.2, 0.25) is 23.6 Å². The third-order valence-corrected chi connectivity index (χ3v) is 6.92. The van der Waals surface area contributed by atoms with Crippen molar-refractivity contribution in [3.8, 4) is 0 Å². The predicted octanol–water partition coefficient (Wildman–Crippen LogP) is 2.97.